The zero-order valence-electron chi connectivity index (χ0n) is 9.77. The number of benzene rings is 2. The number of Topliss-reactive ketones (excluding diaryl/α,β-unsaturated/α-hetero) is 1. The lowest BCUT2D eigenvalue weighted by Gasteiger charge is -2.09. The van der Waals surface area contributed by atoms with Gasteiger partial charge in [0.1, 0.15) is 5.75 Å². The Morgan fingerprint density at radius 2 is 1.82 bits per heavy atom. The normalized spacial score (nSPS) is 14.9. The fraction of sp³-hybridized carbons (Fsp3) is 0.267. The minimum Gasteiger partial charge on any atom is -0.496 e. The molecule has 0 N–H and O–H groups in total. The summed E-state index contributed by atoms with van der Waals surface area (Å²) in [5.74, 6) is 1.36. The molecule has 1 saturated carbocycles. The summed E-state index contributed by atoms with van der Waals surface area (Å²) in [5.41, 5.74) is 0.837. The second-order valence-corrected chi connectivity index (χ2v) is 4.50. The predicted molar refractivity (Wildman–Crippen MR) is 67.6 cm³/mol. The van der Waals surface area contributed by atoms with Crippen LogP contribution in [0.15, 0.2) is 36.4 Å². The minimum absolute atomic E-state index is 0.256. The maximum atomic E-state index is 12.2. The van der Waals surface area contributed by atoms with Gasteiger partial charge in [-0.1, -0.05) is 24.3 Å². The molecule has 1 aliphatic rings. The largest absolute Gasteiger partial charge is 0.496 e. The molecule has 2 aromatic carbocycles. The predicted octanol–water partition coefficient (Wildman–Crippen LogP) is 3.44. The summed E-state index contributed by atoms with van der Waals surface area (Å²) in [6.45, 7) is 0. The molecule has 1 fully saturated rings. The number of fused-ring (bicyclic) bond motifs is 1. The number of rotatable bonds is 3. The fourth-order valence-electron chi connectivity index (χ4n) is 2.23. The molecule has 2 nitrogen and oxygen atoms in total. The molecule has 0 amide bonds. The summed E-state index contributed by atoms with van der Waals surface area (Å²) in [6.07, 6.45) is 2.08. The third-order valence-electron chi connectivity index (χ3n) is 3.32. The Labute approximate surface area is 100 Å². The van der Waals surface area contributed by atoms with E-state index in [1.165, 1.54) is 0 Å². The van der Waals surface area contributed by atoms with Crippen molar-refractivity contribution in [3.8, 4) is 5.75 Å². The van der Waals surface area contributed by atoms with Crippen LogP contribution in [0.1, 0.15) is 23.2 Å². The van der Waals surface area contributed by atoms with Crippen molar-refractivity contribution >= 4 is 16.6 Å². The van der Waals surface area contributed by atoms with Crippen LogP contribution < -0.4 is 4.74 Å². The van der Waals surface area contributed by atoms with Crippen LogP contribution in [0, 0.1) is 5.92 Å². The number of ketones is 1. The molecule has 3 rings (SSSR count). The van der Waals surface area contributed by atoms with E-state index in [1.54, 1.807) is 7.11 Å². The van der Waals surface area contributed by atoms with Crippen molar-refractivity contribution in [2.45, 2.75) is 12.8 Å². The van der Waals surface area contributed by atoms with Crippen molar-refractivity contribution in [1.82, 2.24) is 0 Å². The lowest BCUT2D eigenvalue weighted by molar-refractivity contribution is 0.0969. The summed E-state index contributed by atoms with van der Waals surface area (Å²) < 4.78 is 5.33. The van der Waals surface area contributed by atoms with Gasteiger partial charge in [-0.2, -0.15) is 0 Å². The van der Waals surface area contributed by atoms with Gasteiger partial charge in [-0.05, 0) is 30.4 Å². The van der Waals surface area contributed by atoms with Crippen molar-refractivity contribution < 1.29 is 9.53 Å². The SMILES string of the molecule is COc1ccc(C(=O)C2CC2)c2ccccc12. The zero-order chi connectivity index (χ0) is 11.8. The summed E-state index contributed by atoms with van der Waals surface area (Å²) in [7, 11) is 1.66. The van der Waals surface area contributed by atoms with Crippen LogP contribution in [-0.2, 0) is 0 Å². The van der Waals surface area contributed by atoms with Crippen LogP contribution in [0.5, 0.6) is 5.75 Å². The number of hydrogen-bond acceptors (Lipinski definition) is 2. The van der Waals surface area contributed by atoms with Gasteiger partial charge >= 0.3 is 0 Å². The molecule has 2 aromatic rings. The highest BCUT2D eigenvalue weighted by Gasteiger charge is 2.31. The lowest BCUT2D eigenvalue weighted by atomic mass is 9.98. The Balaban J connectivity index is 2.22. The Morgan fingerprint density at radius 1 is 1.12 bits per heavy atom. The molecule has 0 saturated heterocycles. The molecular formula is C15H14O2. The third-order valence-corrected chi connectivity index (χ3v) is 3.32. The van der Waals surface area contributed by atoms with Crippen LogP contribution >= 0.6 is 0 Å². The molecule has 0 spiro atoms. The molecule has 86 valence electrons. The fourth-order valence-corrected chi connectivity index (χ4v) is 2.23. The maximum Gasteiger partial charge on any atom is 0.166 e. The Kier molecular flexibility index (Phi) is 2.36. The first-order valence-electron chi connectivity index (χ1n) is 5.91. The lowest BCUT2D eigenvalue weighted by Crippen LogP contribution is -2.02. The van der Waals surface area contributed by atoms with Crippen molar-refractivity contribution in [1.29, 1.82) is 0 Å². The maximum absolute atomic E-state index is 12.2. The highest BCUT2D eigenvalue weighted by Crippen LogP contribution is 2.36. The Morgan fingerprint density at radius 3 is 2.47 bits per heavy atom. The molecule has 0 unspecified atom stereocenters. The topological polar surface area (TPSA) is 26.3 Å². The van der Waals surface area contributed by atoms with Crippen LogP contribution in [0.4, 0.5) is 0 Å². The zero-order valence-corrected chi connectivity index (χ0v) is 9.77. The van der Waals surface area contributed by atoms with Crippen molar-refractivity contribution in [2.75, 3.05) is 7.11 Å². The molecule has 17 heavy (non-hydrogen) atoms. The molecule has 0 aliphatic heterocycles. The van der Waals surface area contributed by atoms with E-state index in [0.29, 0.717) is 0 Å². The summed E-state index contributed by atoms with van der Waals surface area (Å²) in [5, 5.41) is 2.02. The van der Waals surface area contributed by atoms with E-state index in [0.717, 1.165) is 34.9 Å². The van der Waals surface area contributed by atoms with E-state index in [2.05, 4.69) is 0 Å². The monoisotopic (exact) mass is 226 g/mol. The molecule has 0 aromatic heterocycles. The molecule has 0 radical (unpaired) electrons. The van der Waals surface area contributed by atoms with E-state index in [1.807, 2.05) is 36.4 Å². The molecule has 0 bridgehead atoms. The van der Waals surface area contributed by atoms with Crippen LogP contribution in [0.2, 0.25) is 0 Å². The smallest absolute Gasteiger partial charge is 0.166 e. The minimum atomic E-state index is 0.256. The number of carbonyl (C=O) groups is 1. The molecule has 2 heteroatoms. The quantitative estimate of drug-likeness (QED) is 0.749. The van der Waals surface area contributed by atoms with E-state index < -0.39 is 0 Å². The number of ether oxygens (including phenoxy) is 1. The molecule has 0 heterocycles. The number of methoxy groups -OCH3 is 1. The summed E-state index contributed by atoms with van der Waals surface area (Å²) in [4.78, 5) is 12.2. The van der Waals surface area contributed by atoms with E-state index in [-0.39, 0.29) is 11.7 Å². The summed E-state index contributed by atoms with van der Waals surface area (Å²) in [6, 6.07) is 11.7. The first-order chi connectivity index (χ1) is 8.31. The Hall–Kier alpha value is -1.83. The van der Waals surface area contributed by atoms with E-state index in [9.17, 15) is 4.79 Å². The molecule has 0 atom stereocenters. The average Bonchev–Trinajstić information content (AvgIpc) is 3.21. The van der Waals surface area contributed by atoms with Gasteiger partial charge in [-0.15, -0.1) is 0 Å². The van der Waals surface area contributed by atoms with E-state index >= 15 is 0 Å². The van der Waals surface area contributed by atoms with Gasteiger partial charge in [0.05, 0.1) is 7.11 Å². The number of hydrogen-bond donors (Lipinski definition) is 0. The van der Waals surface area contributed by atoms with Gasteiger partial charge < -0.3 is 4.74 Å². The Bertz CT molecular complexity index is 582. The highest BCUT2D eigenvalue weighted by molar-refractivity contribution is 6.11. The van der Waals surface area contributed by atoms with Gasteiger partial charge in [0.15, 0.2) is 5.78 Å². The van der Waals surface area contributed by atoms with Crippen LogP contribution in [0.25, 0.3) is 10.8 Å². The third kappa shape index (κ3) is 1.70. The van der Waals surface area contributed by atoms with Crippen molar-refractivity contribution in [3.05, 3.63) is 42.0 Å². The van der Waals surface area contributed by atoms with Gasteiger partial charge in [0.25, 0.3) is 0 Å². The van der Waals surface area contributed by atoms with Gasteiger partial charge in [0, 0.05) is 16.9 Å². The van der Waals surface area contributed by atoms with Crippen LogP contribution in [-0.4, -0.2) is 12.9 Å². The van der Waals surface area contributed by atoms with Crippen LogP contribution in [0.3, 0.4) is 0 Å². The second-order valence-electron chi connectivity index (χ2n) is 4.50. The molecule has 1 aliphatic carbocycles. The molecular weight excluding hydrogens is 212 g/mol. The summed E-state index contributed by atoms with van der Waals surface area (Å²) >= 11 is 0. The van der Waals surface area contributed by atoms with Crippen molar-refractivity contribution in [3.63, 3.8) is 0 Å². The first-order valence-corrected chi connectivity index (χ1v) is 5.91. The van der Waals surface area contributed by atoms with Gasteiger partial charge in [-0.3, -0.25) is 4.79 Å². The highest BCUT2D eigenvalue weighted by atomic mass is 16.5. The standard InChI is InChI=1S/C15H14O2/c1-17-14-9-8-13(15(16)10-6-7-10)11-4-2-3-5-12(11)14/h2-5,8-10H,6-7H2,1H3. The van der Waals surface area contributed by atoms with Gasteiger partial charge in [0.2, 0.25) is 0 Å². The second kappa shape index (κ2) is 3.88. The van der Waals surface area contributed by atoms with Gasteiger partial charge in [-0.25, -0.2) is 0 Å². The average molecular weight is 226 g/mol. The van der Waals surface area contributed by atoms with Crippen molar-refractivity contribution in [2.24, 2.45) is 5.92 Å². The first kappa shape index (κ1) is 10.3. The number of carbonyl (C=O) groups excluding carboxylic acids is 1. The van der Waals surface area contributed by atoms with E-state index in [4.69, 9.17) is 4.74 Å².